The van der Waals surface area contributed by atoms with Crippen LogP contribution in [0.2, 0.25) is 0 Å². The Morgan fingerprint density at radius 2 is 1.79 bits per heavy atom. The van der Waals surface area contributed by atoms with E-state index in [0.717, 1.165) is 19.3 Å². The van der Waals surface area contributed by atoms with Gasteiger partial charge in [0.1, 0.15) is 5.75 Å². The molecule has 0 fully saturated rings. The number of carboxylic acid groups (broad SMARTS) is 1. The summed E-state index contributed by atoms with van der Waals surface area (Å²) in [6.45, 7) is 3.69. The van der Waals surface area contributed by atoms with Crippen molar-refractivity contribution >= 4 is 5.97 Å². The Balaban J connectivity index is 0. The fraction of sp³-hybridized carbons (Fsp3) is 0.300. The maximum Gasteiger partial charge on any atom is 1.00 e. The van der Waals surface area contributed by atoms with Crippen molar-refractivity contribution in [3.63, 3.8) is 0 Å². The van der Waals surface area contributed by atoms with E-state index in [1.807, 2.05) is 37.3 Å². The Bertz CT molecular complexity index is 232. The molecule has 0 bridgehead atoms. The molecule has 4 heteroatoms. The molecule has 0 atom stereocenters. The summed E-state index contributed by atoms with van der Waals surface area (Å²) < 4.78 is 5.21. The number of carboxylic acids is 1. The van der Waals surface area contributed by atoms with Crippen LogP contribution in [0.4, 0.5) is 0 Å². The smallest absolute Gasteiger partial charge is 0.550 e. The first-order valence-electron chi connectivity index (χ1n) is 4.02. The Morgan fingerprint density at radius 1 is 1.36 bits per heavy atom. The van der Waals surface area contributed by atoms with Crippen molar-refractivity contribution in [2.45, 2.75) is 13.8 Å². The van der Waals surface area contributed by atoms with Gasteiger partial charge in [-0.25, -0.2) is 0 Å². The second-order valence-corrected chi connectivity index (χ2v) is 2.24. The molecular weight excluding hydrogens is 207 g/mol. The van der Waals surface area contributed by atoms with Gasteiger partial charge in [0.2, 0.25) is 0 Å². The van der Waals surface area contributed by atoms with Crippen LogP contribution in [0.5, 0.6) is 5.75 Å². The number of hydrogen-bond donors (Lipinski definition) is 0. The minimum atomic E-state index is -1.08. The first-order chi connectivity index (χ1) is 6.16. The molecular formula is C10H13KO3. The van der Waals surface area contributed by atoms with Gasteiger partial charge < -0.3 is 14.6 Å². The number of rotatable bonds is 2. The molecule has 0 N–H and O–H groups in total. The third-order valence-electron chi connectivity index (χ3n) is 1.05. The van der Waals surface area contributed by atoms with Crippen LogP contribution >= 0.6 is 0 Å². The van der Waals surface area contributed by atoms with Crippen molar-refractivity contribution < 1.29 is 66.0 Å². The van der Waals surface area contributed by atoms with Crippen LogP contribution in [0.15, 0.2) is 30.3 Å². The number of aliphatic carboxylic acids is 1. The van der Waals surface area contributed by atoms with Crippen LogP contribution in [-0.2, 0) is 4.79 Å². The molecule has 0 spiro atoms. The van der Waals surface area contributed by atoms with Gasteiger partial charge in [0.05, 0.1) is 6.61 Å². The van der Waals surface area contributed by atoms with Gasteiger partial charge in [-0.1, -0.05) is 18.2 Å². The molecule has 0 aliphatic carbocycles. The number of benzene rings is 1. The molecule has 0 amide bonds. The molecule has 3 nitrogen and oxygen atoms in total. The van der Waals surface area contributed by atoms with E-state index in [4.69, 9.17) is 14.6 Å². The number of ether oxygens (including phenoxy) is 1. The zero-order chi connectivity index (χ0) is 10.1. The molecule has 0 aromatic heterocycles. The van der Waals surface area contributed by atoms with Gasteiger partial charge in [0, 0.05) is 5.97 Å². The molecule has 0 saturated carbocycles. The zero-order valence-corrected chi connectivity index (χ0v) is 11.9. The SMILES string of the molecule is CC(=O)[O-].CCOc1ccccc1.[K+]. The monoisotopic (exact) mass is 220 g/mol. The summed E-state index contributed by atoms with van der Waals surface area (Å²) >= 11 is 0. The van der Waals surface area contributed by atoms with E-state index >= 15 is 0 Å². The maximum absolute atomic E-state index is 8.89. The summed E-state index contributed by atoms with van der Waals surface area (Å²) in [4.78, 5) is 8.89. The standard InChI is InChI=1S/C8H10O.C2H4O2.K/c1-2-9-8-6-4-3-5-7-8;1-2(3)4;/h3-7H,2H2,1H3;1H3,(H,3,4);/q;;+1/p-1. The normalized spacial score (nSPS) is 7.57. The molecule has 0 aliphatic heterocycles. The van der Waals surface area contributed by atoms with Gasteiger partial charge in [-0.15, -0.1) is 0 Å². The summed E-state index contributed by atoms with van der Waals surface area (Å²) in [7, 11) is 0. The molecule has 0 heterocycles. The first-order valence-corrected chi connectivity index (χ1v) is 4.02. The molecule has 0 saturated heterocycles. The van der Waals surface area contributed by atoms with Gasteiger partial charge in [0.15, 0.2) is 0 Å². The summed E-state index contributed by atoms with van der Waals surface area (Å²) in [5.74, 6) is -0.139. The van der Waals surface area contributed by atoms with Crippen molar-refractivity contribution in [2.75, 3.05) is 6.61 Å². The molecule has 1 aromatic rings. The predicted octanol–water partition coefficient (Wildman–Crippen LogP) is -2.15. The number of hydrogen-bond acceptors (Lipinski definition) is 3. The van der Waals surface area contributed by atoms with Crippen molar-refractivity contribution in [2.24, 2.45) is 0 Å². The van der Waals surface area contributed by atoms with Crippen LogP contribution < -0.4 is 61.2 Å². The van der Waals surface area contributed by atoms with Gasteiger partial charge in [-0.05, 0) is 26.0 Å². The van der Waals surface area contributed by atoms with Gasteiger partial charge in [-0.2, -0.15) is 0 Å². The van der Waals surface area contributed by atoms with Crippen LogP contribution in [0.25, 0.3) is 0 Å². The average molecular weight is 220 g/mol. The van der Waals surface area contributed by atoms with Crippen LogP contribution in [-0.4, -0.2) is 12.6 Å². The fourth-order valence-corrected chi connectivity index (χ4v) is 0.683. The average Bonchev–Trinajstić information content (AvgIpc) is 2.06. The molecule has 0 unspecified atom stereocenters. The van der Waals surface area contributed by atoms with Gasteiger partial charge in [0.25, 0.3) is 0 Å². The summed E-state index contributed by atoms with van der Waals surface area (Å²) in [5, 5.41) is 8.89. The Hall–Kier alpha value is 0.126. The summed E-state index contributed by atoms with van der Waals surface area (Å²) in [5.41, 5.74) is 0. The van der Waals surface area contributed by atoms with Gasteiger partial charge >= 0.3 is 51.4 Å². The molecule has 0 aliphatic rings. The first kappa shape index (κ1) is 16.6. The minimum Gasteiger partial charge on any atom is -0.550 e. The number of carbonyl (C=O) groups is 1. The summed E-state index contributed by atoms with van der Waals surface area (Å²) in [6, 6.07) is 9.80. The Morgan fingerprint density at radius 3 is 2.14 bits per heavy atom. The zero-order valence-electron chi connectivity index (χ0n) is 8.82. The largest absolute Gasteiger partial charge is 1.00 e. The topological polar surface area (TPSA) is 49.4 Å². The van der Waals surface area contributed by atoms with Gasteiger partial charge in [-0.3, -0.25) is 0 Å². The predicted molar refractivity (Wildman–Crippen MR) is 48.3 cm³/mol. The van der Waals surface area contributed by atoms with Crippen LogP contribution in [0.3, 0.4) is 0 Å². The summed E-state index contributed by atoms with van der Waals surface area (Å²) in [6.07, 6.45) is 0. The Kier molecular flexibility index (Phi) is 13.2. The number of para-hydroxylation sites is 1. The van der Waals surface area contributed by atoms with Crippen LogP contribution in [0, 0.1) is 0 Å². The van der Waals surface area contributed by atoms with E-state index in [0.29, 0.717) is 0 Å². The van der Waals surface area contributed by atoms with Crippen molar-refractivity contribution in [1.82, 2.24) is 0 Å². The third kappa shape index (κ3) is 12.1. The molecule has 72 valence electrons. The van der Waals surface area contributed by atoms with E-state index in [1.165, 1.54) is 0 Å². The number of carbonyl (C=O) groups excluding carboxylic acids is 1. The third-order valence-corrected chi connectivity index (χ3v) is 1.05. The fourth-order valence-electron chi connectivity index (χ4n) is 0.683. The molecule has 1 rings (SSSR count). The van der Waals surface area contributed by atoms with E-state index < -0.39 is 5.97 Å². The second-order valence-electron chi connectivity index (χ2n) is 2.24. The Labute approximate surface area is 127 Å². The van der Waals surface area contributed by atoms with E-state index in [2.05, 4.69) is 0 Å². The minimum absolute atomic E-state index is 0. The molecule has 0 radical (unpaired) electrons. The molecule has 14 heavy (non-hydrogen) atoms. The van der Waals surface area contributed by atoms with E-state index in [9.17, 15) is 0 Å². The van der Waals surface area contributed by atoms with Crippen molar-refractivity contribution in [1.29, 1.82) is 0 Å². The maximum atomic E-state index is 8.89. The van der Waals surface area contributed by atoms with Crippen molar-refractivity contribution in [3.8, 4) is 5.75 Å². The van der Waals surface area contributed by atoms with E-state index in [-0.39, 0.29) is 51.4 Å². The van der Waals surface area contributed by atoms with E-state index in [1.54, 1.807) is 0 Å². The van der Waals surface area contributed by atoms with Crippen molar-refractivity contribution in [3.05, 3.63) is 30.3 Å². The molecule has 1 aromatic carbocycles. The second kappa shape index (κ2) is 11.2. The quantitative estimate of drug-likeness (QED) is 0.534. The van der Waals surface area contributed by atoms with Crippen LogP contribution in [0.1, 0.15) is 13.8 Å².